The van der Waals surface area contributed by atoms with E-state index in [1.165, 1.54) is 31.2 Å². The van der Waals surface area contributed by atoms with Gasteiger partial charge in [0.15, 0.2) is 6.61 Å². The summed E-state index contributed by atoms with van der Waals surface area (Å²) in [5.74, 6) is -1.14. The fraction of sp³-hybridized carbons (Fsp3) is 0.429. The lowest BCUT2D eigenvalue weighted by atomic mass is 10.3. The standard InChI is InChI=1S/C14H18N2O6S/c1-9(14(18)19)16-23(20,21)12-6-4-11(5-7-12)22-8-13(17)15-10-2-3-10/h4-7,9-10,16H,2-3,8H2,1H3,(H,15,17)(H,18,19). The third-order valence-electron chi connectivity index (χ3n) is 3.15. The lowest BCUT2D eigenvalue weighted by Gasteiger charge is -2.11. The van der Waals surface area contributed by atoms with E-state index in [0.717, 1.165) is 12.8 Å². The normalized spacial score (nSPS) is 15.7. The lowest BCUT2D eigenvalue weighted by Crippen LogP contribution is -2.38. The number of carboxylic acids is 1. The molecular formula is C14H18N2O6S. The first-order chi connectivity index (χ1) is 10.8. The zero-order valence-corrected chi connectivity index (χ0v) is 13.3. The molecule has 9 heteroatoms. The average Bonchev–Trinajstić information content (AvgIpc) is 3.29. The van der Waals surface area contributed by atoms with Crippen molar-refractivity contribution in [1.82, 2.24) is 10.0 Å². The van der Waals surface area contributed by atoms with Crippen molar-refractivity contribution in [1.29, 1.82) is 0 Å². The number of carbonyl (C=O) groups is 2. The first-order valence-corrected chi connectivity index (χ1v) is 8.53. The number of benzene rings is 1. The van der Waals surface area contributed by atoms with Crippen molar-refractivity contribution in [3.8, 4) is 5.75 Å². The number of amides is 1. The summed E-state index contributed by atoms with van der Waals surface area (Å²) in [6, 6.07) is 4.40. The smallest absolute Gasteiger partial charge is 0.321 e. The maximum atomic E-state index is 12.0. The first-order valence-electron chi connectivity index (χ1n) is 7.05. The van der Waals surface area contributed by atoms with Crippen LogP contribution in [0.4, 0.5) is 0 Å². The van der Waals surface area contributed by atoms with Crippen LogP contribution < -0.4 is 14.8 Å². The van der Waals surface area contributed by atoms with Gasteiger partial charge >= 0.3 is 5.97 Å². The number of carboxylic acid groups (broad SMARTS) is 1. The molecule has 0 radical (unpaired) electrons. The summed E-state index contributed by atoms with van der Waals surface area (Å²) in [7, 11) is -3.93. The SMILES string of the molecule is CC(NS(=O)(=O)c1ccc(OCC(=O)NC2CC2)cc1)C(=O)O. The molecule has 1 aromatic rings. The molecule has 23 heavy (non-hydrogen) atoms. The monoisotopic (exact) mass is 342 g/mol. The molecule has 0 bridgehead atoms. The molecule has 1 unspecified atom stereocenters. The van der Waals surface area contributed by atoms with Crippen LogP contribution in [0.15, 0.2) is 29.2 Å². The van der Waals surface area contributed by atoms with E-state index < -0.39 is 22.0 Å². The van der Waals surface area contributed by atoms with E-state index >= 15 is 0 Å². The molecule has 0 aromatic heterocycles. The minimum atomic E-state index is -3.93. The Hall–Kier alpha value is -2.13. The highest BCUT2D eigenvalue weighted by atomic mass is 32.2. The van der Waals surface area contributed by atoms with E-state index in [1.807, 2.05) is 4.72 Å². The van der Waals surface area contributed by atoms with E-state index in [0.29, 0.717) is 5.75 Å². The second kappa shape index (κ2) is 6.97. The van der Waals surface area contributed by atoms with Crippen LogP contribution in [0.3, 0.4) is 0 Å². The Labute approximate surface area is 133 Å². The number of hydrogen-bond donors (Lipinski definition) is 3. The van der Waals surface area contributed by atoms with Crippen molar-refractivity contribution in [2.24, 2.45) is 0 Å². The van der Waals surface area contributed by atoms with Gasteiger partial charge in [-0.15, -0.1) is 0 Å². The van der Waals surface area contributed by atoms with Gasteiger partial charge in [-0.25, -0.2) is 8.42 Å². The average molecular weight is 342 g/mol. The molecule has 2 rings (SSSR count). The molecule has 3 N–H and O–H groups in total. The molecule has 0 spiro atoms. The Morgan fingerprint density at radius 2 is 1.91 bits per heavy atom. The highest BCUT2D eigenvalue weighted by molar-refractivity contribution is 7.89. The summed E-state index contributed by atoms with van der Waals surface area (Å²) < 4.78 is 31.2. The third kappa shape index (κ3) is 5.22. The van der Waals surface area contributed by atoms with E-state index in [4.69, 9.17) is 9.84 Å². The number of rotatable bonds is 8. The molecule has 1 aromatic carbocycles. The molecule has 1 atom stereocenters. The number of ether oxygens (including phenoxy) is 1. The Balaban J connectivity index is 1.92. The first kappa shape index (κ1) is 17.2. The summed E-state index contributed by atoms with van der Waals surface area (Å²) in [5, 5.41) is 11.5. The molecular weight excluding hydrogens is 324 g/mol. The molecule has 1 saturated carbocycles. The van der Waals surface area contributed by atoms with Crippen molar-refractivity contribution >= 4 is 21.9 Å². The van der Waals surface area contributed by atoms with Crippen LogP contribution in [-0.4, -0.2) is 44.1 Å². The second-order valence-corrected chi connectivity index (χ2v) is 7.00. The lowest BCUT2D eigenvalue weighted by molar-refractivity contribution is -0.138. The summed E-state index contributed by atoms with van der Waals surface area (Å²) in [6.07, 6.45) is 1.97. The fourth-order valence-electron chi connectivity index (χ4n) is 1.71. The van der Waals surface area contributed by atoms with E-state index in [2.05, 4.69) is 5.32 Å². The fourth-order valence-corrected chi connectivity index (χ4v) is 2.91. The van der Waals surface area contributed by atoms with Gasteiger partial charge in [0.05, 0.1) is 4.90 Å². The van der Waals surface area contributed by atoms with Crippen LogP contribution in [-0.2, 0) is 19.6 Å². The van der Waals surface area contributed by atoms with Crippen LogP contribution in [0.25, 0.3) is 0 Å². The highest BCUT2D eigenvalue weighted by Gasteiger charge is 2.23. The minimum absolute atomic E-state index is 0.0830. The van der Waals surface area contributed by atoms with Gasteiger partial charge in [0.1, 0.15) is 11.8 Å². The third-order valence-corrected chi connectivity index (χ3v) is 4.71. The van der Waals surface area contributed by atoms with Gasteiger partial charge in [0.2, 0.25) is 10.0 Å². The Morgan fingerprint density at radius 1 is 1.30 bits per heavy atom. The Bertz CT molecular complexity index is 682. The maximum absolute atomic E-state index is 12.0. The summed E-state index contributed by atoms with van der Waals surface area (Å²) >= 11 is 0. The predicted octanol–water partition coefficient (Wildman–Crippen LogP) is 0.0954. The topological polar surface area (TPSA) is 122 Å². The van der Waals surface area contributed by atoms with E-state index in [9.17, 15) is 18.0 Å². The quantitative estimate of drug-likeness (QED) is 0.616. The van der Waals surface area contributed by atoms with Gasteiger partial charge in [-0.1, -0.05) is 0 Å². The highest BCUT2D eigenvalue weighted by Crippen LogP contribution is 2.19. The Morgan fingerprint density at radius 3 is 2.43 bits per heavy atom. The molecule has 0 aliphatic heterocycles. The predicted molar refractivity (Wildman–Crippen MR) is 80.5 cm³/mol. The number of nitrogens with one attached hydrogen (secondary N) is 2. The summed E-state index contributed by atoms with van der Waals surface area (Å²) in [4.78, 5) is 22.1. The zero-order valence-electron chi connectivity index (χ0n) is 12.5. The van der Waals surface area contributed by atoms with Crippen LogP contribution in [0.5, 0.6) is 5.75 Å². The largest absolute Gasteiger partial charge is 0.484 e. The van der Waals surface area contributed by atoms with Gasteiger partial charge in [0, 0.05) is 6.04 Å². The van der Waals surface area contributed by atoms with Crippen LogP contribution in [0.2, 0.25) is 0 Å². The number of sulfonamides is 1. The molecule has 1 fully saturated rings. The van der Waals surface area contributed by atoms with E-state index in [1.54, 1.807) is 0 Å². The number of aliphatic carboxylic acids is 1. The van der Waals surface area contributed by atoms with Crippen molar-refractivity contribution in [2.75, 3.05) is 6.61 Å². The molecule has 1 aliphatic rings. The van der Waals surface area contributed by atoms with Gasteiger partial charge in [-0.05, 0) is 44.0 Å². The van der Waals surface area contributed by atoms with Gasteiger partial charge in [-0.3, -0.25) is 9.59 Å². The van der Waals surface area contributed by atoms with Gasteiger partial charge < -0.3 is 15.2 Å². The van der Waals surface area contributed by atoms with Crippen LogP contribution in [0, 0.1) is 0 Å². The molecule has 126 valence electrons. The minimum Gasteiger partial charge on any atom is -0.484 e. The molecule has 0 saturated heterocycles. The molecule has 1 amide bonds. The Kier molecular flexibility index (Phi) is 5.22. The number of hydrogen-bond acceptors (Lipinski definition) is 5. The van der Waals surface area contributed by atoms with Crippen molar-refractivity contribution in [3.63, 3.8) is 0 Å². The van der Waals surface area contributed by atoms with Crippen molar-refractivity contribution in [2.45, 2.75) is 36.7 Å². The van der Waals surface area contributed by atoms with Gasteiger partial charge in [-0.2, -0.15) is 4.72 Å². The molecule has 0 heterocycles. The molecule has 8 nitrogen and oxygen atoms in total. The van der Waals surface area contributed by atoms with Crippen molar-refractivity contribution in [3.05, 3.63) is 24.3 Å². The van der Waals surface area contributed by atoms with Gasteiger partial charge in [0.25, 0.3) is 5.91 Å². The van der Waals surface area contributed by atoms with Crippen molar-refractivity contribution < 1.29 is 27.9 Å². The summed E-state index contributed by atoms with van der Waals surface area (Å²) in [5.41, 5.74) is 0. The zero-order chi connectivity index (χ0) is 17.0. The number of carbonyl (C=O) groups excluding carboxylic acids is 1. The van der Waals surface area contributed by atoms with E-state index in [-0.39, 0.29) is 23.5 Å². The second-order valence-electron chi connectivity index (χ2n) is 5.28. The maximum Gasteiger partial charge on any atom is 0.321 e. The molecule has 1 aliphatic carbocycles. The summed E-state index contributed by atoms with van der Waals surface area (Å²) in [6.45, 7) is 1.09. The van der Waals surface area contributed by atoms with Crippen LogP contribution in [0.1, 0.15) is 19.8 Å². The van der Waals surface area contributed by atoms with Crippen LogP contribution >= 0.6 is 0 Å².